The second-order valence-electron chi connectivity index (χ2n) is 7.37. The fraction of sp³-hybridized carbons (Fsp3) is 0.579. The van der Waals surface area contributed by atoms with Crippen LogP contribution in [0.4, 0.5) is 0 Å². The third-order valence-electron chi connectivity index (χ3n) is 5.19. The maximum atomic E-state index is 11.9. The SMILES string of the molecule is CC1(C)C[C@](CCN2C(=O)CCC2=O)(c2ccccc2)CCO1. The fourth-order valence-corrected chi connectivity index (χ4v) is 4.07. The van der Waals surface area contributed by atoms with Crippen molar-refractivity contribution in [2.45, 2.75) is 57.0 Å². The van der Waals surface area contributed by atoms with Gasteiger partial charge in [-0.15, -0.1) is 0 Å². The van der Waals surface area contributed by atoms with Crippen LogP contribution >= 0.6 is 0 Å². The molecule has 0 unspecified atom stereocenters. The molecular formula is C19H25NO3. The van der Waals surface area contributed by atoms with E-state index in [1.54, 1.807) is 0 Å². The normalized spacial score (nSPS) is 27.5. The number of carbonyl (C=O) groups is 2. The molecule has 3 rings (SSSR count). The molecule has 2 heterocycles. The molecule has 0 bridgehead atoms. The van der Waals surface area contributed by atoms with Gasteiger partial charge < -0.3 is 4.74 Å². The Morgan fingerprint density at radius 3 is 2.35 bits per heavy atom. The molecule has 0 aromatic heterocycles. The summed E-state index contributed by atoms with van der Waals surface area (Å²) in [6, 6.07) is 10.5. The first-order valence-corrected chi connectivity index (χ1v) is 8.45. The first-order valence-electron chi connectivity index (χ1n) is 8.45. The predicted octanol–water partition coefficient (Wildman–Crippen LogP) is 3.05. The Balaban J connectivity index is 1.84. The van der Waals surface area contributed by atoms with Gasteiger partial charge in [0.05, 0.1) is 5.60 Å². The molecule has 1 atom stereocenters. The summed E-state index contributed by atoms with van der Waals surface area (Å²) in [4.78, 5) is 25.3. The van der Waals surface area contributed by atoms with Crippen LogP contribution in [-0.2, 0) is 19.7 Å². The number of imide groups is 1. The summed E-state index contributed by atoms with van der Waals surface area (Å²) in [7, 11) is 0. The highest BCUT2D eigenvalue weighted by molar-refractivity contribution is 6.01. The first-order chi connectivity index (χ1) is 10.9. The molecule has 124 valence electrons. The van der Waals surface area contributed by atoms with E-state index in [0.29, 0.717) is 26.0 Å². The molecular weight excluding hydrogens is 290 g/mol. The predicted molar refractivity (Wildman–Crippen MR) is 88.0 cm³/mol. The third kappa shape index (κ3) is 3.32. The van der Waals surface area contributed by atoms with E-state index in [1.165, 1.54) is 10.5 Å². The quantitative estimate of drug-likeness (QED) is 0.802. The van der Waals surface area contributed by atoms with Gasteiger partial charge in [-0.1, -0.05) is 30.3 Å². The van der Waals surface area contributed by atoms with Crippen molar-refractivity contribution in [3.63, 3.8) is 0 Å². The molecule has 0 spiro atoms. The maximum absolute atomic E-state index is 11.9. The number of carbonyl (C=O) groups excluding carboxylic acids is 2. The van der Waals surface area contributed by atoms with E-state index in [-0.39, 0.29) is 22.8 Å². The average Bonchev–Trinajstić information content (AvgIpc) is 2.84. The lowest BCUT2D eigenvalue weighted by atomic mass is 9.67. The van der Waals surface area contributed by atoms with E-state index < -0.39 is 0 Å². The summed E-state index contributed by atoms with van der Waals surface area (Å²) in [5, 5.41) is 0. The molecule has 23 heavy (non-hydrogen) atoms. The van der Waals surface area contributed by atoms with Gasteiger partial charge in [0.2, 0.25) is 11.8 Å². The van der Waals surface area contributed by atoms with Gasteiger partial charge in [0.15, 0.2) is 0 Å². The van der Waals surface area contributed by atoms with Crippen molar-refractivity contribution in [2.24, 2.45) is 0 Å². The van der Waals surface area contributed by atoms with Gasteiger partial charge in [0.25, 0.3) is 0 Å². The molecule has 0 aliphatic carbocycles. The molecule has 1 aromatic carbocycles. The van der Waals surface area contributed by atoms with Crippen molar-refractivity contribution in [2.75, 3.05) is 13.2 Å². The van der Waals surface area contributed by atoms with Crippen LogP contribution in [0.5, 0.6) is 0 Å². The number of rotatable bonds is 4. The number of ether oxygens (including phenoxy) is 1. The minimum Gasteiger partial charge on any atom is -0.376 e. The lowest BCUT2D eigenvalue weighted by Crippen LogP contribution is -2.46. The third-order valence-corrected chi connectivity index (χ3v) is 5.19. The summed E-state index contributed by atoms with van der Waals surface area (Å²) in [5.74, 6) is -0.0472. The summed E-state index contributed by atoms with van der Waals surface area (Å²) in [6.45, 7) is 5.47. The fourth-order valence-electron chi connectivity index (χ4n) is 4.07. The van der Waals surface area contributed by atoms with Gasteiger partial charge in [0.1, 0.15) is 0 Å². The molecule has 1 aromatic rings. The lowest BCUT2D eigenvalue weighted by Gasteiger charge is -2.46. The van der Waals surface area contributed by atoms with Crippen molar-refractivity contribution < 1.29 is 14.3 Å². The van der Waals surface area contributed by atoms with Crippen LogP contribution in [0, 0.1) is 0 Å². The summed E-state index contributed by atoms with van der Waals surface area (Å²) in [6.07, 6.45) is 3.37. The summed E-state index contributed by atoms with van der Waals surface area (Å²) in [5.41, 5.74) is 1.06. The smallest absolute Gasteiger partial charge is 0.229 e. The zero-order valence-corrected chi connectivity index (χ0v) is 14.0. The standard InChI is InChI=1S/C19H25NO3/c1-18(2)14-19(11-13-23-18,15-6-4-3-5-7-15)10-12-20-16(21)8-9-17(20)22/h3-7H,8-14H2,1-2H3/t19-/m1/s1. The van der Waals surface area contributed by atoms with Crippen molar-refractivity contribution >= 4 is 11.8 Å². The molecule has 0 radical (unpaired) electrons. The highest BCUT2D eigenvalue weighted by Gasteiger charge is 2.43. The van der Waals surface area contributed by atoms with Crippen molar-refractivity contribution in [3.8, 4) is 0 Å². The Morgan fingerprint density at radius 2 is 1.74 bits per heavy atom. The molecule has 2 amide bonds. The number of likely N-dealkylation sites (tertiary alicyclic amines) is 1. The molecule has 2 aliphatic rings. The van der Waals surface area contributed by atoms with E-state index in [4.69, 9.17) is 4.74 Å². The Hall–Kier alpha value is -1.68. The van der Waals surface area contributed by atoms with Crippen LogP contribution in [0.3, 0.4) is 0 Å². The van der Waals surface area contributed by atoms with Crippen LogP contribution in [-0.4, -0.2) is 35.5 Å². The molecule has 4 nitrogen and oxygen atoms in total. The lowest BCUT2D eigenvalue weighted by molar-refractivity contribution is -0.139. The zero-order valence-electron chi connectivity index (χ0n) is 14.0. The Labute approximate surface area is 137 Å². The topological polar surface area (TPSA) is 46.6 Å². The second kappa shape index (κ2) is 6.08. The van der Waals surface area contributed by atoms with E-state index in [1.807, 2.05) is 6.07 Å². The first kappa shape index (κ1) is 16.2. The van der Waals surface area contributed by atoms with Crippen molar-refractivity contribution in [1.29, 1.82) is 0 Å². The van der Waals surface area contributed by atoms with Crippen molar-refractivity contribution in [1.82, 2.24) is 4.90 Å². The van der Waals surface area contributed by atoms with Gasteiger partial charge in [0, 0.05) is 31.4 Å². The van der Waals surface area contributed by atoms with E-state index in [0.717, 1.165) is 19.3 Å². The van der Waals surface area contributed by atoms with E-state index in [2.05, 4.69) is 38.1 Å². The molecule has 0 saturated carbocycles. The van der Waals surface area contributed by atoms with Crippen LogP contribution in [0.25, 0.3) is 0 Å². The number of hydrogen-bond acceptors (Lipinski definition) is 3. The van der Waals surface area contributed by atoms with Gasteiger partial charge >= 0.3 is 0 Å². The van der Waals surface area contributed by atoms with Gasteiger partial charge in [-0.05, 0) is 38.7 Å². The van der Waals surface area contributed by atoms with E-state index >= 15 is 0 Å². The minimum absolute atomic E-state index is 0.0236. The number of nitrogens with zero attached hydrogens (tertiary/aromatic N) is 1. The van der Waals surface area contributed by atoms with Crippen LogP contribution in [0.1, 0.15) is 51.5 Å². The molecule has 2 saturated heterocycles. The minimum atomic E-state index is -0.187. The maximum Gasteiger partial charge on any atom is 0.229 e. The van der Waals surface area contributed by atoms with Crippen LogP contribution < -0.4 is 0 Å². The molecule has 2 aliphatic heterocycles. The van der Waals surface area contributed by atoms with Gasteiger partial charge in [-0.3, -0.25) is 14.5 Å². The summed E-state index contributed by atoms with van der Waals surface area (Å²) >= 11 is 0. The Morgan fingerprint density at radius 1 is 1.09 bits per heavy atom. The molecule has 4 heteroatoms. The number of amides is 2. The average molecular weight is 315 g/mol. The van der Waals surface area contributed by atoms with Gasteiger partial charge in [-0.25, -0.2) is 0 Å². The van der Waals surface area contributed by atoms with Crippen LogP contribution in [0.15, 0.2) is 30.3 Å². The number of hydrogen-bond donors (Lipinski definition) is 0. The Bertz CT molecular complexity index is 580. The highest BCUT2D eigenvalue weighted by Crippen LogP contribution is 2.44. The zero-order chi connectivity index (χ0) is 16.5. The highest BCUT2D eigenvalue weighted by atomic mass is 16.5. The summed E-state index contributed by atoms with van der Waals surface area (Å²) < 4.78 is 5.91. The van der Waals surface area contributed by atoms with Crippen molar-refractivity contribution in [3.05, 3.63) is 35.9 Å². The van der Waals surface area contributed by atoms with Crippen LogP contribution in [0.2, 0.25) is 0 Å². The van der Waals surface area contributed by atoms with Gasteiger partial charge in [-0.2, -0.15) is 0 Å². The largest absolute Gasteiger partial charge is 0.376 e. The molecule has 2 fully saturated rings. The molecule has 0 N–H and O–H groups in total. The van der Waals surface area contributed by atoms with E-state index in [9.17, 15) is 9.59 Å². The Kier molecular flexibility index (Phi) is 4.28. The number of benzene rings is 1. The monoisotopic (exact) mass is 315 g/mol. The second-order valence-corrected chi connectivity index (χ2v) is 7.37.